The minimum absolute atomic E-state index is 0.0260. The summed E-state index contributed by atoms with van der Waals surface area (Å²) < 4.78 is 4.87. The second-order valence-electron chi connectivity index (χ2n) is 2.93. The lowest BCUT2D eigenvalue weighted by molar-refractivity contribution is 0.0702. The zero-order valence-corrected chi connectivity index (χ0v) is 11.3. The minimum Gasteiger partial charge on any atom is -0.477 e. The van der Waals surface area contributed by atoms with Crippen LogP contribution < -0.4 is 4.74 Å². The van der Waals surface area contributed by atoms with E-state index in [2.05, 4.69) is 15.0 Å². The molecule has 0 bridgehead atoms. The fraction of sp³-hybridized carbons (Fsp3) is 0.111. The van der Waals surface area contributed by atoms with E-state index in [0.717, 1.165) is 16.2 Å². The predicted molar refractivity (Wildman–Crippen MR) is 66.8 cm³/mol. The summed E-state index contributed by atoms with van der Waals surface area (Å²) in [5, 5.41) is 10.9. The van der Waals surface area contributed by atoms with Gasteiger partial charge in [-0.2, -0.15) is 15.0 Å². The molecule has 18 heavy (non-hydrogen) atoms. The molecule has 6 nitrogen and oxygen atoms in total. The van der Waals surface area contributed by atoms with Crippen LogP contribution in [0, 0.1) is 0 Å². The van der Waals surface area contributed by atoms with Crippen LogP contribution >= 0.6 is 34.7 Å². The summed E-state index contributed by atoms with van der Waals surface area (Å²) in [6.45, 7) is 0. The van der Waals surface area contributed by atoms with Crippen molar-refractivity contribution in [2.75, 3.05) is 7.11 Å². The number of carbonyl (C=O) groups is 1. The monoisotopic (exact) mass is 303 g/mol. The van der Waals surface area contributed by atoms with Crippen LogP contribution in [0.1, 0.15) is 9.67 Å². The first-order valence-corrected chi connectivity index (χ1v) is 6.61. The maximum atomic E-state index is 10.7. The molecule has 2 aromatic rings. The molecule has 9 heteroatoms. The summed E-state index contributed by atoms with van der Waals surface area (Å²) >= 11 is 8.03. The van der Waals surface area contributed by atoms with Crippen LogP contribution in [0.2, 0.25) is 5.28 Å². The number of aromatic carboxylic acids is 1. The Bertz CT molecular complexity index is 590. The van der Waals surface area contributed by atoms with Gasteiger partial charge in [0, 0.05) is 10.3 Å². The Morgan fingerprint density at radius 2 is 2.28 bits per heavy atom. The highest BCUT2D eigenvalue weighted by Crippen LogP contribution is 2.30. The standard InChI is InChI=1S/C9H6ClN3O3S2/c1-16-8-11-7(10)12-9(13-8)18-4-2-5(6(14)15)17-3-4/h2-3H,1H3,(H,14,15). The number of rotatable bonds is 4. The van der Waals surface area contributed by atoms with Gasteiger partial charge in [-0.05, 0) is 29.4 Å². The van der Waals surface area contributed by atoms with Crippen molar-refractivity contribution in [2.45, 2.75) is 10.1 Å². The minimum atomic E-state index is -0.960. The third-order valence-electron chi connectivity index (χ3n) is 1.74. The molecule has 0 spiro atoms. The van der Waals surface area contributed by atoms with Gasteiger partial charge < -0.3 is 9.84 Å². The van der Waals surface area contributed by atoms with Gasteiger partial charge in [0.15, 0.2) is 5.16 Å². The second kappa shape index (κ2) is 5.51. The fourth-order valence-electron chi connectivity index (χ4n) is 1.04. The Morgan fingerprint density at radius 3 is 2.89 bits per heavy atom. The molecule has 2 aromatic heterocycles. The molecule has 0 aromatic carbocycles. The molecule has 0 fully saturated rings. The number of halogens is 1. The Kier molecular flexibility index (Phi) is 4.00. The van der Waals surface area contributed by atoms with Gasteiger partial charge in [-0.15, -0.1) is 11.3 Å². The molecule has 0 amide bonds. The summed E-state index contributed by atoms with van der Waals surface area (Å²) in [5.41, 5.74) is 0. The fourth-order valence-corrected chi connectivity index (χ4v) is 2.91. The van der Waals surface area contributed by atoms with E-state index in [-0.39, 0.29) is 16.2 Å². The summed E-state index contributed by atoms with van der Waals surface area (Å²) in [6.07, 6.45) is 0. The van der Waals surface area contributed by atoms with Gasteiger partial charge >= 0.3 is 12.0 Å². The highest BCUT2D eigenvalue weighted by Gasteiger charge is 2.11. The summed E-state index contributed by atoms with van der Waals surface area (Å²) in [5.74, 6) is -0.960. The maximum absolute atomic E-state index is 10.7. The van der Waals surface area contributed by atoms with Crippen LogP contribution in [0.15, 0.2) is 21.5 Å². The number of hydrogen-bond acceptors (Lipinski definition) is 7. The van der Waals surface area contributed by atoms with Crippen LogP contribution in [0.4, 0.5) is 0 Å². The molecule has 0 aliphatic carbocycles. The summed E-state index contributed by atoms with van der Waals surface area (Å²) in [6, 6.07) is 1.66. The van der Waals surface area contributed by atoms with Gasteiger partial charge in [0.05, 0.1) is 7.11 Å². The molecule has 0 aliphatic rings. The Balaban J connectivity index is 2.22. The summed E-state index contributed by atoms with van der Waals surface area (Å²) in [4.78, 5) is 23.4. The molecule has 94 valence electrons. The highest BCUT2D eigenvalue weighted by molar-refractivity contribution is 7.99. The topological polar surface area (TPSA) is 85.2 Å². The first-order valence-electron chi connectivity index (χ1n) is 4.53. The lowest BCUT2D eigenvalue weighted by Crippen LogP contribution is -1.96. The van der Waals surface area contributed by atoms with Gasteiger partial charge in [0.2, 0.25) is 5.28 Å². The Hall–Kier alpha value is -1.38. The zero-order valence-electron chi connectivity index (χ0n) is 8.95. The smallest absolute Gasteiger partial charge is 0.345 e. The SMILES string of the molecule is COc1nc(Cl)nc(Sc2csc(C(=O)O)c2)n1. The quantitative estimate of drug-likeness (QED) is 0.928. The number of methoxy groups -OCH3 is 1. The van der Waals surface area contributed by atoms with Gasteiger partial charge in [0.25, 0.3) is 0 Å². The van der Waals surface area contributed by atoms with E-state index in [1.54, 1.807) is 11.4 Å². The molecule has 0 aliphatic heterocycles. The molecule has 0 saturated carbocycles. The van der Waals surface area contributed by atoms with Crippen molar-refractivity contribution in [1.29, 1.82) is 0 Å². The second-order valence-corrected chi connectivity index (χ2v) is 5.22. The van der Waals surface area contributed by atoms with Crippen LogP contribution in [0.3, 0.4) is 0 Å². The van der Waals surface area contributed by atoms with Crippen molar-refractivity contribution in [3.05, 3.63) is 21.6 Å². The maximum Gasteiger partial charge on any atom is 0.345 e. The van der Waals surface area contributed by atoms with Crippen molar-refractivity contribution < 1.29 is 14.6 Å². The number of aromatic nitrogens is 3. The lowest BCUT2D eigenvalue weighted by atomic mass is 10.5. The number of thiophene rings is 1. The van der Waals surface area contributed by atoms with Gasteiger partial charge in [-0.3, -0.25) is 0 Å². The van der Waals surface area contributed by atoms with Gasteiger partial charge in [-0.1, -0.05) is 0 Å². The zero-order chi connectivity index (χ0) is 13.1. The molecule has 0 saturated heterocycles. The molecule has 2 rings (SSSR count). The molecular formula is C9H6ClN3O3S2. The van der Waals surface area contributed by atoms with E-state index in [4.69, 9.17) is 21.4 Å². The molecule has 1 N–H and O–H groups in total. The normalized spacial score (nSPS) is 10.3. The van der Waals surface area contributed by atoms with E-state index in [1.807, 2.05) is 0 Å². The van der Waals surface area contributed by atoms with Crippen LogP contribution in [-0.2, 0) is 0 Å². The van der Waals surface area contributed by atoms with E-state index < -0.39 is 5.97 Å². The highest BCUT2D eigenvalue weighted by atomic mass is 35.5. The van der Waals surface area contributed by atoms with Crippen LogP contribution in [-0.4, -0.2) is 33.1 Å². The van der Waals surface area contributed by atoms with Crippen molar-refractivity contribution in [2.24, 2.45) is 0 Å². The lowest BCUT2D eigenvalue weighted by Gasteiger charge is -2.00. The number of nitrogens with zero attached hydrogens (tertiary/aromatic N) is 3. The van der Waals surface area contributed by atoms with Gasteiger partial charge in [-0.25, -0.2) is 4.79 Å². The number of carboxylic acid groups (broad SMARTS) is 1. The first kappa shape index (κ1) is 13.1. The summed E-state index contributed by atoms with van der Waals surface area (Å²) in [7, 11) is 1.42. The average molecular weight is 304 g/mol. The van der Waals surface area contributed by atoms with Crippen molar-refractivity contribution in [3.8, 4) is 6.01 Å². The van der Waals surface area contributed by atoms with E-state index >= 15 is 0 Å². The molecule has 0 atom stereocenters. The Labute approximate surface area is 115 Å². The van der Waals surface area contributed by atoms with E-state index in [1.165, 1.54) is 18.9 Å². The number of hydrogen-bond donors (Lipinski definition) is 1. The molecule has 0 unspecified atom stereocenters. The van der Waals surface area contributed by atoms with Crippen molar-refractivity contribution in [1.82, 2.24) is 15.0 Å². The third-order valence-corrected chi connectivity index (χ3v) is 3.82. The van der Waals surface area contributed by atoms with Gasteiger partial charge in [0.1, 0.15) is 4.88 Å². The van der Waals surface area contributed by atoms with Crippen LogP contribution in [0.25, 0.3) is 0 Å². The number of ether oxygens (including phenoxy) is 1. The van der Waals surface area contributed by atoms with E-state index in [9.17, 15) is 4.79 Å². The largest absolute Gasteiger partial charge is 0.477 e. The van der Waals surface area contributed by atoms with E-state index in [0.29, 0.717) is 5.16 Å². The molecule has 0 radical (unpaired) electrons. The predicted octanol–water partition coefficient (Wildman–Crippen LogP) is 2.44. The third kappa shape index (κ3) is 3.09. The number of carboxylic acids is 1. The van der Waals surface area contributed by atoms with Crippen molar-refractivity contribution in [3.63, 3.8) is 0 Å². The first-order chi connectivity index (χ1) is 8.58. The molecular weight excluding hydrogens is 298 g/mol. The average Bonchev–Trinajstić information content (AvgIpc) is 2.76. The van der Waals surface area contributed by atoms with Crippen molar-refractivity contribution >= 4 is 40.7 Å². The Morgan fingerprint density at radius 1 is 1.50 bits per heavy atom. The molecule has 2 heterocycles. The van der Waals surface area contributed by atoms with Crippen LogP contribution in [0.5, 0.6) is 6.01 Å².